The van der Waals surface area contributed by atoms with Gasteiger partial charge in [0.25, 0.3) is 0 Å². The highest BCUT2D eigenvalue weighted by atomic mass is 79.9. The highest BCUT2D eigenvalue weighted by molar-refractivity contribution is 9.11. The monoisotopic (exact) mass is 580 g/mol. The first-order chi connectivity index (χ1) is 14.9. The Morgan fingerprint density at radius 3 is 2.52 bits per heavy atom. The van der Waals surface area contributed by atoms with Crippen LogP contribution in [-0.4, -0.2) is 17.9 Å². The van der Waals surface area contributed by atoms with Gasteiger partial charge in [-0.2, -0.15) is 5.10 Å². The molecule has 0 aliphatic rings. The molecule has 0 unspecified atom stereocenters. The van der Waals surface area contributed by atoms with Crippen molar-refractivity contribution in [2.24, 2.45) is 5.10 Å². The van der Waals surface area contributed by atoms with Crippen molar-refractivity contribution in [2.75, 3.05) is 5.75 Å². The van der Waals surface area contributed by atoms with Crippen LogP contribution in [0.5, 0.6) is 5.75 Å². The number of carbonyl (C=O) groups excluding carboxylic acids is 1. The predicted octanol–water partition coefficient (Wildman–Crippen LogP) is 6.99. The number of ether oxygens (including phenoxy) is 1. The lowest BCUT2D eigenvalue weighted by atomic mass is 10.1. The van der Waals surface area contributed by atoms with E-state index < -0.39 is 0 Å². The van der Waals surface area contributed by atoms with E-state index in [0.29, 0.717) is 17.4 Å². The Morgan fingerprint density at radius 2 is 1.84 bits per heavy atom. The number of hydrogen-bond donors (Lipinski definition) is 1. The Balaban J connectivity index is 1.53. The van der Waals surface area contributed by atoms with Gasteiger partial charge in [-0.25, -0.2) is 5.43 Å². The lowest BCUT2D eigenvalue weighted by Gasteiger charge is -2.11. The van der Waals surface area contributed by atoms with E-state index in [9.17, 15) is 4.79 Å². The van der Waals surface area contributed by atoms with E-state index in [-0.39, 0.29) is 11.7 Å². The normalized spacial score (nSPS) is 11.0. The Morgan fingerprint density at radius 1 is 1.13 bits per heavy atom. The van der Waals surface area contributed by atoms with E-state index in [0.717, 1.165) is 25.0 Å². The molecule has 0 bridgehead atoms. The van der Waals surface area contributed by atoms with Crippen molar-refractivity contribution in [1.82, 2.24) is 5.43 Å². The van der Waals surface area contributed by atoms with Crippen molar-refractivity contribution < 1.29 is 9.53 Å². The fourth-order valence-electron chi connectivity index (χ4n) is 2.64. The topological polar surface area (TPSA) is 50.7 Å². The molecule has 160 valence electrons. The van der Waals surface area contributed by atoms with E-state index in [1.807, 2.05) is 36.4 Å². The Hall–Kier alpha value is -1.80. The van der Waals surface area contributed by atoms with Gasteiger partial charge in [0.1, 0.15) is 12.4 Å². The zero-order chi connectivity index (χ0) is 22.2. The lowest BCUT2D eigenvalue weighted by Crippen LogP contribution is -2.19. The van der Waals surface area contributed by atoms with Gasteiger partial charge in [-0.15, -0.1) is 11.8 Å². The number of thioether (sulfide) groups is 1. The van der Waals surface area contributed by atoms with Gasteiger partial charge in [-0.05, 0) is 86.3 Å². The van der Waals surface area contributed by atoms with E-state index in [4.69, 9.17) is 16.3 Å². The highest BCUT2D eigenvalue weighted by Gasteiger charge is 2.09. The smallest absolute Gasteiger partial charge is 0.250 e. The number of nitrogens with zero attached hydrogens (tertiary/aromatic N) is 1. The molecule has 3 rings (SSSR count). The summed E-state index contributed by atoms with van der Waals surface area (Å²) in [6.45, 7) is 2.52. The summed E-state index contributed by atoms with van der Waals surface area (Å²) in [5.74, 6) is 0.785. The van der Waals surface area contributed by atoms with Crippen molar-refractivity contribution in [3.05, 3.63) is 91.3 Å². The van der Waals surface area contributed by atoms with Crippen LogP contribution in [0.4, 0.5) is 0 Å². The Bertz CT molecular complexity index is 1070. The van der Waals surface area contributed by atoms with Crippen molar-refractivity contribution in [3.8, 4) is 5.75 Å². The van der Waals surface area contributed by atoms with Crippen LogP contribution in [0.15, 0.2) is 79.6 Å². The number of hydrogen-bond acceptors (Lipinski definition) is 4. The third-order valence-corrected chi connectivity index (χ3v) is 6.51. The first kappa shape index (κ1) is 23.9. The van der Waals surface area contributed by atoms with Crippen molar-refractivity contribution in [2.45, 2.75) is 18.4 Å². The maximum Gasteiger partial charge on any atom is 0.250 e. The number of aryl methyl sites for hydroxylation is 1. The molecule has 0 fully saturated rings. The van der Waals surface area contributed by atoms with Crippen LogP contribution in [0, 0.1) is 6.92 Å². The van der Waals surface area contributed by atoms with Gasteiger partial charge in [-0.3, -0.25) is 4.79 Å². The van der Waals surface area contributed by atoms with Crippen LogP contribution in [0.3, 0.4) is 0 Å². The second-order valence-corrected chi connectivity index (χ2v) is 9.82. The molecule has 1 N–H and O–H groups in total. The molecule has 0 saturated heterocycles. The van der Waals surface area contributed by atoms with Crippen LogP contribution in [0.1, 0.15) is 16.7 Å². The van der Waals surface area contributed by atoms with Gasteiger partial charge in [0.2, 0.25) is 5.91 Å². The van der Waals surface area contributed by atoms with Crippen molar-refractivity contribution in [1.29, 1.82) is 0 Å². The second kappa shape index (κ2) is 11.7. The SMILES string of the molecule is Cc1cccc(COc2c(Br)cc(/C=N\NC(=O)CSc3ccc(Cl)cc3)cc2Br)c1. The number of benzene rings is 3. The minimum absolute atomic E-state index is 0.188. The average molecular weight is 583 g/mol. The molecule has 31 heavy (non-hydrogen) atoms. The number of rotatable bonds is 8. The highest BCUT2D eigenvalue weighted by Crippen LogP contribution is 2.35. The zero-order valence-corrected chi connectivity index (χ0v) is 21.3. The van der Waals surface area contributed by atoms with Gasteiger partial charge in [-0.1, -0.05) is 41.4 Å². The number of amides is 1. The molecule has 0 spiro atoms. The maximum atomic E-state index is 12.0. The average Bonchev–Trinajstić information content (AvgIpc) is 2.73. The van der Waals surface area contributed by atoms with Gasteiger partial charge in [0, 0.05) is 9.92 Å². The van der Waals surface area contributed by atoms with Crippen LogP contribution < -0.4 is 10.2 Å². The summed E-state index contributed by atoms with van der Waals surface area (Å²) >= 11 is 14.4. The Kier molecular flexibility index (Phi) is 9.02. The van der Waals surface area contributed by atoms with Gasteiger partial charge >= 0.3 is 0 Å². The van der Waals surface area contributed by atoms with Crippen LogP contribution >= 0.6 is 55.2 Å². The van der Waals surface area contributed by atoms with Gasteiger partial charge in [0.05, 0.1) is 20.9 Å². The van der Waals surface area contributed by atoms with E-state index in [1.54, 1.807) is 18.3 Å². The van der Waals surface area contributed by atoms with Gasteiger partial charge in [0.15, 0.2) is 0 Å². The number of nitrogens with one attached hydrogen (secondary N) is 1. The number of carbonyl (C=O) groups is 1. The number of halogens is 3. The molecule has 4 nitrogen and oxygen atoms in total. The summed E-state index contributed by atoms with van der Waals surface area (Å²) in [4.78, 5) is 13.0. The van der Waals surface area contributed by atoms with Crippen LogP contribution in [0.25, 0.3) is 0 Å². The quantitative estimate of drug-likeness (QED) is 0.177. The van der Waals surface area contributed by atoms with E-state index in [2.05, 4.69) is 61.4 Å². The minimum atomic E-state index is -0.188. The molecule has 0 radical (unpaired) electrons. The van der Waals surface area contributed by atoms with Crippen molar-refractivity contribution in [3.63, 3.8) is 0 Å². The number of hydrazone groups is 1. The molecule has 8 heteroatoms. The van der Waals surface area contributed by atoms with Gasteiger partial charge < -0.3 is 4.74 Å². The fourth-order valence-corrected chi connectivity index (χ4v) is 4.91. The standard InChI is InChI=1S/C23H19Br2ClN2O2S/c1-15-3-2-4-16(9-15)13-30-23-20(24)10-17(11-21(23)25)12-27-28-22(29)14-31-19-7-5-18(26)6-8-19/h2-12H,13-14H2,1H3,(H,28,29)/b27-12-. The molecule has 0 aliphatic heterocycles. The lowest BCUT2D eigenvalue weighted by molar-refractivity contribution is -0.118. The first-order valence-electron chi connectivity index (χ1n) is 9.28. The largest absolute Gasteiger partial charge is 0.487 e. The third kappa shape index (κ3) is 7.68. The molecule has 0 atom stereocenters. The molecule has 3 aromatic carbocycles. The molecule has 0 aliphatic carbocycles. The summed E-state index contributed by atoms with van der Waals surface area (Å²) < 4.78 is 7.55. The molecule has 0 heterocycles. The molecular weight excluding hydrogens is 564 g/mol. The predicted molar refractivity (Wildman–Crippen MR) is 135 cm³/mol. The molecule has 1 amide bonds. The van der Waals surface area contributed by atoms with E-state index in [1.165, 1.54) is 17.3 Å². The fraction of sp³-hybridized carbons (Fsp3) is 0.130. The molecule has 0 aromatic heterocycles. The molecule has 3 aromatic rings. The zero-order valence-electron chi connectivity index (χ0n) is 16.6. The molecule has 0 saturated carbocycles. The summed E-state index contributed by atoms with van der Waals surface area (Å²) in [5, 5.41) is 4.71. The molecular formula is C23H19Br2ClN2O2S. The summed E-state index contributed by atoms with van der Waals surface area (Å²) in [7, 11) is 0. The Labute approximate surface area is 207 Å². The van der Waals surface area contributed by atoms with E-state index >= 15 is 0 Å². The second-order valence-electron chi connectivity index (χ2n) is 6.63. The minimum Gasteiger partial charge on any atom is -0.487 e. The third-order valence-electron chi connectivity index (χ3n) is 4.07. The van der Waals surface area contributed by atoms with Crippen LogP contribution in [-0.2, 0) is 11.4 Å². The maximum absolute atomic E-state index is 12.0. The summed E-state index contributed by atoms with van der Waals surface area (Å²) in [5.41, 5.74) is 5.65. The summed E-state index contributed by atoms with van der Waals surface area (Å²) in [6, 6.07) is 19.3. The van der Waals surface area contributed by atoms with Crippen LogP contribution in [0.2, 0.25) is 5.02 Å². The first-order valence-corrected chi connectivity index (χ1v) is 12.2. The van der Waals surface area contributed by atoms with Crippen molar-refractivity contribution >= 4 is 67.3 Å². The summed E-state index contributed by atoms with van der Waals surface area (Å²) in [6.07, 6.45) is 1.59.